The number of unbranched alkanes of at least 4 members (excludes halogenated alkanes) is 1. The van der Waals surface area contributed by atoms with Gasteiger partial charge in [0.1, 0.15) is 5.82 Å². The number of anilines is 1. The lowest BCUT2D eigenvalue weighted by molar-refractivity contribution is -0.137. The SMILES string of the molecule is O=C(O)CCCCNc1ccccc1F. The molecule has 3 nitrogen and oxygen atoms in total. The van der Waals surface area contributed by atoms with E-state index in [2.05, 4.69) is 5.32 Å². The zero-order valence-corrected chi connectivity index (χ0v) is 8.37. The van der Waals surface area contributed by atoms with Crippen LogP contribution in [0.1, 0.15) is 19.3 Å². The highest BCUT2D eigenvalue weighted by Crippen LogP contribution is 2.12. The van der Waals surface area contributed by atoms with E-state index in [1.54, 1.807) is 18.2 Å². The Bertz CT molecular complexity index is 328. The highest BCUT2D eigenvalue weighted by atomic mass is 19.1. The Balaban J connectivity index is 2.21. The van der Waals surface area contributed by atoms with Gasteiger partial charge in [0.05, 0.1) is 5.69 Å². The van der Waals surface area contributed by atoms with Gasteiger partial charge < -0.3 is 10.4 Å². The number of carbonyl (C=O) groups is 1. The summed E-state index contributed by atoms with van der Waals surface area (Å²) in [6, 6.07) is 6.43. The van der Waals surface area contributed by atoms with Crippen LogP contribution in [-0.4, -0.2) is 17.6 Å². The Morgan fingerprint density at radius 1 is 1.33 bits per heavy atom. The van der Waals surface area contributed by atoms with E-state index in [1.165, 1.54) is 6.07 Å². The van der Waals surface area contributed by atoms with E-state index in [-0.39, 0.29) is 12.2 Å². The van der Waals surface area contributed by atoms with Gasteiger partial charge in [0.15, 0.2) is 0 Å². The molecule has 0 saturated carbocycles. The van der Waals surface area contributed by atoms with Crippen molar-refractivity contribution in [2.75, 3.05) is 11.9 Å². The average Bonchev–Trinajstić information content (AvgIpc) is 2.20. The van der Waals surface area contributed by atoms with Gasteiger partial charge in [-0.2, -0.15) is 0 Å². The zero-order valence-electron chi connectivity index (χ0n) is 8.37. The lowest BCUT2D eigenvalue weighted by Crippen LogP contribution is -2.04. The molecule has 0 heterocycles. The number of hydrogen-bond acceptors (Lipinski definition) is 2. The summed E-state index contributed by atoms with van der Waals surface area (Å²) >= 11 is 0. The van der Waals surface area contributed by atoms with E-state index < -0.39 is 5.97 Å². The predicted octanol–water partition coefficient (Wildman–Crippen LogP) is 2.49. The van der Waals surface area contributed by atoms with E-state index >= 15 is 0 Å². The maximum absolute atomic E-state index is 13.1. The van der Waals surface area contributed by atoms with Crippen LogP contribution in [-0.2, 0) is 4.79 Å². The molecule has 0 amide bonds. The van der Waals surface area contributed by atoms with Gasteiger partial charge in [-0.05, 0) is 25.0 Å². The first-order valence-corrected chi connectivity index (χ1v) is 4.90. The molecule has 1 aromatic rings. The van der Waals surface area contributed by atoms with Crippen molar-refractivity contribution in [1.29, 1.82) is 0 Å². The Kier molecular flexibility index (Phi) is 4.60. The monoisotopic (exact) mass is 211 g/mol. The largest absolute Gasteiger partial charge is 0.481 e. The summed E-state index contributed by atoms with van der Waals surface area (Å²) in [4.78, 5) is 10.2. The van der Waals surface area contributed by atoms with Crippen LogP contribution in [0.25, 0.3) is 0 Å². The van der Waals surface area contributed by atoms with Crippen molar-refractivity contribution in [2.24, 2.45) is 0 Å². The molecule has 15 heavy (non-hydrogen) atoms. The summed E-state index contributed by atoms with van der Waals surface area (Å²) in [6.45, 7) is 0.591. The van der Waals surface area contributed by atoms with Crippen LogP contribution in [0.2, 0.25) is 0 Å². The smallest absolute Gasteiger partial charge is 0.303 e. The number of para-hydroxylation sites is 1. The number of rotatable bonds is 6. The normalized spacial score (nSPS) is 9.93. The van der Waals surface area contributed by atoms with Crippen LogP contribution in [0.3, 0.4) is 0 Å². The molecule has 0 aromatic heterocycles. The fraction of sp³-hybridized carbons (Fsp3) is 0.364. The number of carboxylic acids is 1. The summed E-state index contributed by atoms with van der Waals surface area (Å²) in [5.41, 5.74) is 0.466. The van der Waals surface area contributed by atoms with E-state index in [1.807, 2.05) is 0 Å². The summed E-state index contributed by atoms with van der Waals surface area (Å²) < 4.78 is 13.1. The molecular formula is C11H14FNO2. The van der Waals surface area contributed by atoms with Crippen LogP contribution in [0.4, 0.5) is 10.1 Å². The molecule has 1 rings (SSSR count). The zero-order chi connectivity index (χ0) is 11.1. The molecule has 0 aliphatic rings. The second kappa shape index (κ2) is 6.01. The highest BCUT2D eigenvalue weighted by Gasteiger charge is 1.99. The third-order valence-electron chi connectivity index (χ3n) is 2.01. The van der Waals surface area contributed by atoms with Gasteiger partial charge in [-0.15, -0.1) is 0 Å². The first kappa shape index (κ1) is 11.5. The van der Waals surface area contributed by atoms with Crippen LogP contribution in [0, 0.1) is 5.82 Å². The maximum Gasteiger partial charge on any atom is 0.303 e. The minimum absolute atomic E-state index is 0.166. The first-order chi connectivity index (χ1) is 7.20. The number of hydrogen-bond donors (Lipinski definition) is 2. The second-order valence-corrected chi connectivity index (χ2v) is 3.26. The van der Waals surface area contributed by atoms with Crippen molar-refractivity contribution in [3.05, 3.63) is 30.1 Å². The number of nitrogens with one attached hydrogen (secondary N) is 1. The van der Waals surface area contributed by atoms with Gasteiger partial charge in [-0.1, -0.05) is 12.1 Å². The van der Waals surface area contributed by atoms with Crippen molar-refractivity contribution < 1.29 is 14.3 Å². The number of benzene rings is 1. The third kappa shape index (κ3) is 4.44. The van der Waals surface area contributed by atoms with E-state index in [0.717, 1.165) is 6.42 Å². The molecule has 82 valence electrons. The van der Waals surface area contributed by atoms with Crippen LogP contribution in [0.15, 0.2) is 24.3 Å². The summed E-state index contributed by atoms with van der Waals surface area (Å²) in [7, 11) is 0. The Hall–Kier alpha value is -1.58. The fourth-order valence-electron chi connectivity index (χ4n) is 1.23. The minimum Gasteiger partial charge on any atom is -0.481 e. The van der Waals surface area contributed by atoms with Crippen molar-refractivity contribution >= 4 is 11.7 Å². The van der Waals surface area contributed by atoms with E-state index in [0.29, 0.717) is 18.7 Å². The van der Waals surface area contributed by atoms with Gasteiger partial charge >= 0.3 is 5.97 Å². The number of halogens is 1. The molecular weight excluding hydrogens is 197 g/mol. The molecule has 0 saturated heterocycles. The summed E-state index contributed by atoms with van der Waals surface area (Å²) in [5.74, 6) is -1.07. The summed E-state index contributed by atoms with van der Waals surface area (Å²) in [6.07, 6.45) is 1.50. The van der Waals surface area contributed by atoms with Crippen molar-refractivity contribution in [2.45, 2.75) is 19.3 Å². The van der Waals surface area contributed by atoms with Gasteiger partial charge in [0, 0.05) is 13.0 Å². The fourth-order valence-corrected chi connectivity index (χ4v) is 1.23. The Labute approximate surface area is 87.9 Å². The van der Waals surface area contributed by atoms with Crippen LogP contribution in [0.5, 0.6) is 0 Å². The molecule has 2 N–H and O–H groups in total. The lowest BCUT2D eigenvalue weighted by atomic mass is 10.2. The predicted molar refractivity (Wildman–Crippen MR) is 56.4 cm³/mol. The Morgan fingerprint density at radius 3 is 2.73 bits per heavy atom. The second-order valence-electron chi connectivity index (χ2n) is 3.26. The van der Waals surface area contributed by atoms with Crippen LogP contribution >= 0.6 is 0 Å². The molecule has 0 unspecified atom stereocenters. The number of carboxylic acid groups (broad SMARTS) is 1. The quantitative estimate of drug-likeness (QED) is 0.711. The molecule has 1 aromatic carbocycles. The standard InChI is InChI=1S/C11H14FNO2/c12-9-5-1-2-6-10(9)13-8-4-3-7-11(14)15/h1-2,5-6,13H,3-4,7-8H2,(H,14,15). The molecule has 4 heteroatoms. The number of aliphatic carboxylic acids is 1. The molecule has 0 bridgehead atoms. The molecule has 0 radical (unpaired) electrons. The highest BCUT2D eigenvalue weighted by molar-refractivity contribution is 5.66. The van der Waals surface area contributed by atoms with Crippen molar-refractivity contribution in [3.63, 3.8) is 0 Å². The summed E-state index contributed by atoms with van der Waals surface area (Å²) in [5, 5.41) is 11.3. The van der Waals surface area contributed by atoms with Gasteiger partial charge in [-0.25, -0.2) is 4.39 Å². The molecule has 0 atom stereocenters. The lowest BCUT2D eigenvalue weighted by Gasteiger charge is -2.06. The molecule has 0 aliphatic carbocycles. The van der Waals surface area contributed by atoms with Crippen molar-refractivity contribution in [3.8, 4) is 0 Å². The third-order valence-corrected chi connectivity index (χ3v) is 2.01. The minimum atomic E-state index is -0.791. The van der Waals surface area contributed by atoms with E-state index in [9.17, 15) is 9.18 Å². The van der Waals surface area contributed by atoms with Crippen molar-refractivity contribution in [1.82, 2.24) is 0 Å². The van der Waals surface area contributed by atoms with Gasteiger partial charge in [0.25, 0.3) is 0 Å². The Morgan fingerprint density at radius 2 is 2.07 bits per heavy atom. The average molecular weight is 211 g/mol. The maximum atomic E-state index is 13.1. The van der Waals surface area contributed by atoms with Crippen LogP contribution < -0.4 is 5.32 Å². The van der Waals surface area contributed by atoms with E-state index in [4.69, 9.17) is 5.11 Å². The molecule has 0 spiro atoms. The molecule has 0 aliphatic heterocycles. The molecule has 0 fully saturated rings. The first-order valence-electron chi connectivity index (χ1n) is 4.90. The van der Waals surface area contributed by atoms with Gasteiger partial charge in [0.2, 0.25) is 0 Å². The topological polar surface area (TPSA) is 49.3 Å². The van der Waals surface area contributed by atoms with Gasteiger partial charge in [-0.3, -0.25) is 4.79 Å².